The van der Waals surface area contributed by atoms with E-state index in [1.165, 1.54) is 0 Å². The van der Waals surface area contributed by atoms with Gasteiger partial charge in [-0.3, -0.25) is 4.98 Å². The van der Waals surface area contributed by atoms with Crippen LogP contribution in [-0.4, -0.2) is 4.98 Å². The number of hydrogen-bond acceptors (Lipinski definition) is 2. The Labute approximate surface area is 82.3 Å². The third kappa shape index (κ3) is 1.83. The molecule has 0 unspecified atom stereocenters. The maximum Gasteiger partial charge on any atom is 0.281 e. The molecule has 0 N–H and O–H groups in total. The molecule has 1 rings (SSSR count). The Hall–Kier alpha value is -1.02. The average Bonchev–Trinajstić information content (AvgIpc) is 2.09. The third-order valence-electron chi connectivity index (χ3n) is 1.62. The van der Waals surface area contributed by atoms with Gasteiger partial charge < -0.3 is 0 Å². The molecule has 13 heavy (non-hydrogen) atoms. The Morgan fingerprint density at radius 2 is 2.23 bits per heavy atom. The van der Waals surface area contributed by atoms with Gasteiger partial charge in [-0.2, -0.15) is 5.26 Å². The second-order valence-electron chi connectivity index (χ2n) is 2.41. The quantitative estimate of drug-likeness (QED) is 0.764. The van der Waals surface area contributed by atoms with Crippen molar-refractivity contribution >= 4 is 15.9 Å². The van der Waals surface area contributed by atoms with Crippen LogP contribution < -0.4 is 0 Å². The molecule has 2 nitrogen and oxygen atoms in total. The molecule has 0 saturated carbocycles. The van der Waals surface area contributed by atoms with Crippen LogP contribution in [0.3, 0.4) is 0 Å². The monoisotopic (exact) mass is 246 g/mol. The van der Waals surface area contributed by atoms with Gasteiger partial charge in [-0.15, -0.1) is 0 Å². The number of hydrogen-bond donors (Lipinski definition) is 0. The highest BCUT2D eigenvalue weighted by molar-refractivity contribution is 9.10. The van der Waals surface area contributed by atoms with E-state index in [4.69, 9.17) is 5.26 Å². The Kier molecular flexibility index (Phi) is 2.94. The van der Waals surface area contributed by atoms with Crippen LogP contribution in [0, 0.1) is 18.3 Å². The maximum absolute atomic E-state index is 12.3. The number of pyridine rings is 1. The van der Waals surface area contributed by atoms with Crippen LogP contribution in [0.15, 0.2) is 10.7 Å². The highest BCUT2D eigenvalue weighted by atomic mass is 79.9. The van der Waals surface area contributed by atoms with E-state index in [9.17, 15) is 8.78 Å². The summed E-state index contributed by atoms with van der Waals surface area (Å²) in [6.07, 6.45) is -1.47. The minimum atomic E-state index is -2.62. The summed E-state index contributed by atoms with van der Waals surface area (Å²) in [5.41, 5.74) is 0.473. The van der Waals surface area contributed by atoms with Crippen LogP contribution in [0.5, 0.6) is 0 Å². The van der Waals surface area contributed by atoms with Crippen molar-refractivity contribution in [1.82, 2.24) is 4.98 Å². The molecule has 0 amide bonds. The zero-order chi connectivity index (χ0) is 10.0. The molecule has 0 spiro atoms. The summed E-state index contributed by atoms with van der Waals surface area (Å²) < 4.78 is 24.7. The molecular weight excluding hydrogens is 242 g/mol. The van der Waals surface area contributed by atoms with Crippen molar-refractivity contribution in [3.63, 3.8) is 0 Å². The van der Waals surface area contributed by atoms with Gasteiger partial charge in [-0.25, -0.2) is 8.78 Å². The van der Waals surface area contributed by atoms with Crippen LogP contribution in [0.25, 0.3) is 0 Å². The largest absolute Gasteiger partial charge is 0.281 e. The third-order valence-corrected chi connectivity index (χ3v) is 2.62. The SMILES string of the molecule is Cc1c(C#N)cnc(C(F)F)c1Br. The molecule has 0 fully saturated rings. The van der Waals surface area contributed by atoms with E-state index in [-0.39, 0.29) is 10.2 Å². The van der Waals surface area contributed by atoms with Crippen molar-refractivity contribution in [2.24, 2.45) is 0 Å². The zero-order valence-corrected chi connectivity index (χ0v) is 8.27. The summed E-state index contributed by atoms with van der Waals surface area (Å²) in [4.78, 5) is 3.49. The van der Waals surface area contributed by atoms with Gasteiger partial charge in [0.2, 0.25) is 0 Å². The van der Waals surface area contributed by atoms with Crippen molar-refractivity contribution in [3.05, 3.63) is 27.5 Å². The Morgan fingerprint density at radius 1 is 1.62 bits per heavy atom. The molecule has 0 aromatic carbocycles. The van der Waals surface area contributed by atoms with Gasteiger partial charge in [-0.05, 0) is 28.4 Å². The number of rotatable bonds is 1. The van der Waals surface area contributed by atoms with Crippen molar-refractivity contribution in [1.29, 1.82) is 5.26 Å². The first-order chi connectivity index (χ1) is 6.07. The lowest BCUT2D eigenvalue weighted by Gasteiger charge is -2.05. The lowest BCUT2D eigenvalue weighted by atomic mass is 10.1. The second-order valence-corrected chi connectivity index (χ2v) is 3.20. The van der Waals surface area contributed by atoms with Crippen molar-refractivity contribution in [3.8, 4) is 6.07 Å². The summed E-state index contributed by atoms with van der Waals surface area (Å²) in [5.74, 6) is 0. The Balaban J connectivity index is 3.33. The Morgan fingerprint density at radius 3 is 2.69 bits per heavy atom. The lowest BCUT2D eigenvalue weighted by Crippen LogP contribution is -1.96. The predicted octanol–water partition coefficient (Wildman–Crippen LogP) is 2.96. The normalized spacial score (nSPS) is 10.2. The van der Waals surface area contributed by atoms with E-state index in [2.05, 4.69) is 20.9 Å². The minimum absolute atomic E-state index is 0.210. The lowest BCUT2D eigenvalue weighted by molar-refractivity contribution is 0.145. The van der Waals surface area contributed by atoms with Gasteiger partial charge in [0.15, 0.2) is 0 Å². The summed E-state index contributed by atoms with van der Waals surface area (Å²) in [5, 5.41) is 8.57. The van der Waals surface area contributed by atoms with Crippen molar-refractivity contribution in [2.75, 3.05) is 0 Å². The van der Waals surface area contributed by atoms with E-state index in [0.717, 1.165) is 6.20 Å². The van der Waals surface area contributed by atoms with E-state index < -0.39 is 6.43 Å². The molecular formula is C8H5BrF2N2. The second kappa shape index (κ2) is 3.79. The van der Waals surface area contributed by atoms with Crippen molar-refractivity contribution < 1.29 is 8.78 Å². The first-order valence-electron chi connectivity index (χ1n) is 3.41. The molecule has 1 aromatic rings. The molecule has 0 atom stereocenters. The molecule has 0 radical (unpaired) electrons. The van der Waals surface area contributed by atoms with E-state index >= 15 is 0 Å². The van der Waals surface area contributed by atoms with Crippen molar-refractivity contribution in [2.45, 2.75) is 13.3 Å². The van der Waals surface area contributed by atoms with Crippen LogP contribution in [-0.2, 0) is 0 Å². The van der Waals surface area contributed by atoms with Crippen LogP contribution in [0.1, 0.15) is 23.2 Å². The fourth-order valence-corrected chi connectivity index (χ4v) is 1.35. The van der Waals surface area contributed by atoms with Crippen LogP contribution in [0.2, 0.25) is 0 Å². The molecule has 0 aliphatic heterocycles. The number of nitriles is 1. The topological polar surface area (TPSA) is 36.7 Å². The van der Waals surface area contributed by atoms with Crippen LogP contribution in [0.4, 0.5) is 8.78 Å². The smallest absolute Gasteiger partial charge is 0.253 e. The zero-order valence-electron chi connectivity index (χ0n) is 6.68. The average molecular weight is 247 g/mol. The first-order valence-corrected chi connectivity index (χ1v) is 4.20. The van der Waals surface area contributed by atoms with Gasteiger partial charge in [0.1, 0.15) is 11.8 Å². The summed E-state index contributed by atoms with van der Waals surface area (Å²) in [7, 11) is 0. The van der Waals surface area contributed by atoms with Gasteiger partial charge in [0.05, 0.1) is 5.56 Å². The number of aromatic nitrogens is 1. The standard InChI is InChI=1S/C8H5BrF2N2/c1-4-5(2-12)3-13-7(6(4)9)8(10)11/h3,8H,1H3. The fourth-order valence-electron chi connectivity index (χ4n) is 0.863. The first kappa shape index (κ1) is 10.1. The summed E-state index contributed by atoms with van der Waals surface area (Å²) >= 11 is 2.98. The van der Waals surface area contributed by atoms with Gasteiger partial charge >= 0.3 is 0 Å². The summed E-state index contributed by atoms with van der Waals surface area (Å²) in [6.45, 7) is 1.59. The molecule has 68 valence electrons. The van der Waals surface area contributed by atoms with E-state index in [1.807, 2.05) is 6.07 Å². The molecule has 0 aliphatic carbocycles. The molecule has 5 heteroatoms. The number of nitrogens with zero attached hydrogens (tertiary/aromatic N) is 2. The van der Waals surface area contributed by atoms with E-state index in [1.54, 1.807) is 6.92 Å². The minimum Gasteiger partial charge on any atom is -0.253 e. The number of alkyl halides is 2. The van der Waals surface area contributed by atoms with Gasteiger partial charge in [-0.1, -0.05) is 0 Å². The molecule has 1 aromatic heterocycles. The maximum atomic E-state index is 12.3. The molecule has 0 bridgehead atoms. The Bertz CT molecular complexity index is 371. The highest BCUT2D eigenvalue weighted by Gasteiger charge is 2.16. The van der Waals surface area contributed by atoms with E-state index in [0.29, 0.717) is 11.1 Å². The van der Waals surface area contributed by atoms with Crippen LogP contribution >= 0.6 is 15.9 Å². The summed E-state index contributed by atoms with van der Waals surface area (Å²) in [6, 6.07) is 1.86. The molecule has 0 aliphatic rings. The number of halogens is 3. The predicted molar refractivity (Wildman–Crippen MR) is 46.3 cm³/mol. The van der Waals surface area contributed by atoms with Gasteiger partial charge in [0, 0.05) is 10.7 Å². The fraction of sp³-hybridized carbons (Fsp3) is 0.250. The highest BCUT2D eigenvalue weighted by Crippen LogP contribution is 2.29. The molecule has 0 saturated heterocycles. The molecule has 1 heterocycles. The van der Waals surface area contributed by atoms with Gasteiger partial charge in [0.25, 0.3) is 6.43 Å².